The average molecular weight is 411 g/mol. The zero-order chi connectivity index (χ0) is 21.7. The van der Waals surface area contributed by atoms with E-state index in [1.807, 2.05) is 56.3 Å². The average Bonchev–Trinajstić information content (AvgIpc) is 2.70. The summed E-state index contributed by atoms with van der Waals surface area (Å²) < 4.78 is 12.1. The molecule has 156 valence electrons. The summed E-state index contributed by atoms with van der Waals surface area (Å²) in [5.74, 6) is -0.609. The summed E-state index contributed by atoms with van der Waals surface area (Å²) in [7, 11) is 0.449. The second-order valence-electron chi connectivity index (χ2n) is 9.24. The maximum atomic E-state index is 12.8. The predicted molar refractivity (Wildman–Crippen MR) is 122 cm³/mol. The van der Waals surface area contributed by atoms with Crippen LogP contribution in [0.3, 0.4) is 0 Å². The predicted octanol–water partition coefficient (Wildman–Crippen LogP) is 5.25. The van der Waals surface area contributed by atoms with Crippen molar-refractivity contribution < 1.29 is 14.0 Å². The number of rotatable bonds is 8. The zero-order valence-electron chi connectivity index (χ0n) is 18.6. The number of carbonyl (C=O) groups is 1. The molecule has 3 nitrogen and oxygen atoms in total. The van der Waals surface area contributed by atoms with E-state index in [2.05, 4.69) is 51.6 Å². The van der Waals surface area contributed by atoms with Gasteiger partial charge >= 0.3 is 5.97 Å². The summed E-state index contributed by atoms with van der Waals surface area (Å²) in [6.07, 6.45) is 1.86. The van der Waals surface area contributed by atoms with Crippen molar-refractivity contribution in [3.05, 3.63) is 84.4 Å². The topological polar surface area (TPSA) is 35.5 Å². The summed E-state index contributed by atoms with van der Waals surface area (Å²) in [4.78, 5) is 12.8. The van der Waals surface area contributed by atoms with Gasteiger partial charge in [0.15, 0.2) is 9.76 Å². The van der Waals surface area contributed by atoms with Gasteiger partial charge in [-0.2, -0.15) is 0 Å². The Bertz CT molecular complexity index is 767. The number of hydrogen-bond acceptors (Lipinski definition) is 3. The number of ether oxygens (including phenoxy) is 1. The van der Waals surface area contributed by atoms with Gasteiger partial charge in [0, 0.05) is 5.92 Å². The summed E-state index contributed by atoms with van der Waals surface area (Å²) in [6, 6.07) is 20.4. The first kappa shape index (κ1) is 23.1. The quantitative estimate of drug-likeness (QED) is 0.339. The SMILES string of the molecule is C=CC(C(C)(C)C(=O)OC)C(O[SiH2]C(C)(C)C)(c1ccccc1)c1ccccc1. The molecule has 0 aliphatic rings. The molecular formula is C25H34O3Si. The molecule has 1 unspecified atom stereocenters. The standard InChI is InChI=1S/C25H34O3Si/c1-8-21(24(5,6)22(26)27-7)25(28-29-23(2,3)4,19-15-11-9-12-16-19)20-17-13-10-14-18-20/h8-18,21H,1,29H2,2-7H3. The molecule has 0 aromatic heterocycles. The third-order valence-electron chi connectivity index (χ3n) is 5.30. The molecule has 0 aliphatic carbocycles. The fraction of sp³-hybridized carbons (Fsp3) is 0.400. The van der Waals surface area contributed by atoms with Gasteiger partial charge in [-0.1, -0.05) is 87.5 Å². The van der Waals surface area contributed by atoms with Crippen molar-refractivity contribution in [3.8, 4) is 0 Å². The third kappa shape index (κ3) is 4.88. The number of carbonyl (C=O) groups excluding carboxylic acids is 1. The third-order valence-corrected chi connectivity index (χ3v) is 6.77. The van der Waals surface area contributed by atoms with E-state index in [-0.39, 0.29) is 16.9 Å². The molecule has 0 saturated carbocycles. The van der Waals surface area contributed by atoms with E-state index in [4.69, 9.17) is 9.16 Å². The van der Waals surface area contributed by atoms with Crippen LogP contribution in [0.2, 0.25) is 5.04 Å². The second kappa shape index (κ2) is 9.10. The molecule has 0 spiro atoms. The summed E-state index contributed by atoms with van der Waals surface area (Å²) in [5.41, 5.74) is 0.366. The highest BCUT2D eigenvalue weighted by atomic mass is 28.2. The van der Waals surface area contributed by atoms with Crippen molar-refractivity contribution in [2.75, 3.05) is 7.11 Å². The van der Waals surface area contributed by atoms with Gasteiger partial charge in [0.25, 0.3) is 0 Å². The monoisotopic (exact) mass is 410 g/mol. The van der Waals surface area contributed by atoms with Crippen LogP contribution in [0.25, 0.3) is 0 Å². The Morgan fingerprint density at radius 2 is 1.38 bits per heavy atom. The fourth-order valence-corrected chi connectivity index (χ4v) is 5.02. The van der Waals surface area contributed by atoms with Gasteiger partial charge in [-0.3, -0.25) is 4.79 Å². The number of esters is 1. The molecular weight excluding hydrogens is 376 g/mol. The highest BCUT2D eigenvalue weighted by molar-refractivity contribution is 6.32. The number of hydrogen-bond donors (Lipinski definition) is 0. The van der Waals surface area contributed by atoms with Crippen LogP contribution in [0, 0.1) is 11.3 Å². The van der Waals surface area contributed by atoms with Gasteiger partial charge in [0.05, 0.1) is 12.5 Å². The Labute approximate surface area is 178 Å². The van der Waals surface area contributed by atoms with Crippen LogP contribution < -0.4 is 0 Å². The van der Waals surface area contributed by atoms with E-state index >= 15 is 0 Å². The summed E-state index contributed by atoms with van der Waals surface area (Å²) in [6.45, 7) is 14.6. The zero-order valence-corrected chi connectivity index (χ0v) is 20.0. The molecule has 4 heteroatoms. The minimum Gasteiger partial charge on any atom is -0.469 e. The van der Waals surface area contributed by atoms with Crippen molar-refractivity contribution in [1.29, 1.82) is 0 Å². The van der Waals surface area contributed by atoms with Crippen LogP contribution in [0.4, 0.5) is 0 Å². The second-order valence-corrected chi connectivity index (χ2v) is 11.9. The Balaban J connectivity index is 2.83. The summed E-state index contributed by atoms with van der Waals surface area (Å²) in [5, 5.41) is 0.0793. The van der Waals surface area contributed by atoms with Crippen molar-refractivity contribution in [2.45, 2.75) is 45.3 Å². The van der Waals surface area contributed by atoms with Crippen LogP contribution in [0.1, 0.15) is 45.7 Å². The van der Waals surface area contributed by atoms with Gasteiger partial charge < -0.3 is 9.16 Å². The van der Waals surface area contributed by atoms with E-state index < -0.39 is 20.8 Å². The van der Waals surface area contributed by atoms with Crippen LogP contribution in [0.15, 0.2) is 73.3 Å². The molecule has 0 N–H and O–H groups in total. The van der Waals surface area contributed by atoms with Crippen molar-refractivity contribution in [3.63, 3.8) is 0 Å². The Hall–Kier alpha value is -2.17. The molecule has 0 heterocycles. The van der Waals surface area contributed by atoms with Crippen molar-refractivity contribution >= 4 is 15.7 Å². The molecule has 2 aromatic rings. The lowest BCUT2D eigenvalue weighted by atomic mass is 9.64. The Morgan fingerprint density at radius 3 is 1.72 bits per heavy atom. The molecule has 0 aliphatic heterocycles. The molecule has 0 radical (unpaired) electrons. The van der Waals surface area contributed by atoms with Gasteiger partial charge in [-0.15, -0.1) is 6.58 Å². The summed E-state index contributed by atoms with van der Waals surface area (Å²) >= 11 is 0. The minimum absolute atomic E-state index is 0.0793. The lowest BCUT2D eigenvalue weighted by molar-refractivity contribution is -0.157. The van der Waals surface area contributed by atoms with Crippen LogP contribution in [-0.4, -0.2) is 22.8 Å². The van der Waals surface area contributed by atoms with E-state index in [0.717, 1.165) is 11.1 Å². The van der Waals surface area contributed by atoms with Crippen molar-refractivity contribution in [2.24, 2.45) is 11.3 Å². The van der Waals surface area contributed by atoms with Crippen molar-refractivity contribution in [1.82, 2.24) is 0 Å². The minimum atomic E-state index is -0.983. The maximum absolute atomic E-state index is 12.8. The first-order valence-electron chi connectivity index (χ1n) is 10.1. The highest BCUT2D eigenvalue weighted by Crippen LogP contribution is 2.50. The first-order valence-corrected chi connectivity index (χ1v) is 11.3. The van der Waals surface area contributed by atoms with Gasteiger partial charge in [-0.05, 0) is 30.0 Å². The van der Waals surface area contributed by atoms with E-state index in [1.54, 1.807) is 0 Å². The van der Waals surface area contributed by atoms with E-state index in [9.17, 15) is 4.79 Å². The Kier molecular flexibility index (Phi) is 7.25. The smallest absolute Gasteiger partial charge is 0.311 e. The van der Waals surface area contributed by atoms with Gasteiger partial charge in [-0.25, -0.2) is 0 Å². The van der Waals surface area contributed by atoms with Gasteiger partial charge in [0.1, 0.15) is 5.60 Å². The van der Waals surface area contributed by atoms with Gasteiger partial charge in [0.2, 0.25) is 0 Å². The highest BCUT2D eigenvalue weighted by Gasteiger charge is 2.52. The molecule has 0 saturated heterocycles. The van der Waals surface area contributed by atoms with Crippen LogP contribution in [0.5, 0.6) is 0 Å². The fourth-order valence-electron chi connectivity index (χ4n) is 3.84. The lowest BCUT2D eigenvalue weighted by Gasteiger charge is -2.47. The number of methoxy groups -OCH3 is 1. The van der Waals surface area contributed by atoms with E-state index in [0.29, 0.717) is 0 Å². The molecule has 29 heavy (non-hydrogen) atoms. The van der Waals surface area contributed by atoms with E-state index in [1.165, 1.54) is 7.11 Å². The maximum Gasteiger partial charge on any atom is 0.311 e. The van der Waals surface area contributed by atoms with Crippen LogP contribution in [-0.2, 0) is 19.6 Å². The molecule has 0 amide bonds. The first-order chi connectivity index (χ1) is 13.6. The van der Waals surface area contributed by atoms with Crippen LogP contribution >= 0.6 is 0 Å². The normalized spacial score (nSPS) is 14.0. The molecule has 1 atom stereocenters. The largest absolute Gasteiger partial charge is 0.469 e. The molecule has 2 aromatic carbocycles. The molecule has 2 rings (SSSR count). The lowest BCUT2D eigenvalue weighted by Crippen LogP contribution is -2.50. The number of benzene rings is 2. The molecule has 0 fully saturated rings. The Morgan fingerprint density at radius 1 is 0.931 bits per heavy atom. The molecule has 0 bridgehead atoms.